The minimum Gasteiger partial charge on any atom is -0.385 e. The molecule has 0 radical (unpaired) electrons. The molecule has 2 N–H and O–H groups in total. The number of rotatable bonds is 14. The van der Waals surface area contributed by atoms with Crippen LogP contribution in [0.15, 0.2) is 24.3 Å². The molecular weight excluding hydrogens is 472 g/mol. The summed E-state index contributed by atoms with van der Waals surface area (Å²) in [5, 5.41) is 23.6. The van der Waals surface area contributed by atoms with Gasteiger partial charge in [-0.2, -0.15) is 10.5 Å². The highest BCUT2D eigenvalue weighted by atomic mass is 32.2. The van der Waals surface area contributed by atoms with E-state index in [0.29, 0.717) is 31.6 Å². The van der Waals surface area contributed by atoms with Gasteiger partial charge in [0.05, 0.1) is 22.8 Å². The van der Waals surface area contributed by atoms with E-state index in [1.807, 2.05) is 25.1 Å². The fourth-order valence-corrected chi connectivity index (χ4v) is 6.20. The summed E-state index contributed by atoms with van der Waals surface area (Å²) in [6.45, 7) is 12.9. The molecule has 1 aliphatic rings. The van der Waals surface area contributed by atoms with E-state index in [0.717, 1.165) is 18.7 Å². The summed E-state index contributed by atoms with van der Waals surface area (Å²) >= 11 is 1.53. The Bertz CT molecular complexity index is 946. The molecule has 36 heavy (non-hydrogen) atoms. The predicted molar refractivity (Wildman–Crippen MR) is 145 cm³/mol. The molecule has 0 bridgehead atoms. The molecule has 2 amide bonds. The first-order chi connectivity index (χ1) is 17.2. The second-order valence-electron chi connectivity index (χ2n) is 9.59. The van der Waals surface area contributed by atoms with Gasteiger partial charge < -0.3 is 15.5 Å². The van der Waals surface area contributed by atoms with Gasteiger partial charge in [-0.3, -0.25) is 14.5 Å². The van der Waals surface area contributed by atoms with Gasteiger partial charge in [0.2, 0.25) is 11.8 Å². The maximum Gasteiger partial charge on any atom is 0.238 e. The first kappa shape index (κ1) is 29.5. The molecular formula is C27H40N6O2S. The summed E-state index contributed by atoms with van der Waals surface area (Å²) in [4.78, 5) is 29.4. The van der Waals surface area contributed by atoms with Crippen molar-refractivity contribution in [2.24, 2.45) is 5.92 Å². The van der Waals surface area contributed by atoms with Gasteiger partial charge in [-0.25, -0.2) is 0 Å². The molecule has 0 aliphatic carbocycles. The molecule has 8 nitrogen and oxygen atoms in total. The fourth-order valence-electron chi connectivity index (χ4n) is 4.61. The largest absolute Gasteiger partial charge is 0.385 e. The summed E-state index contributed by atoms with van der Waals surface area (Å²) in [5.41, 5.74) is 2.33. The van der Waals surface area contributed by atoms with Crippen LogP contribution in [-0.2, 0) is 16.0 Å². The molecule has 0 spiro atoms. The Morgan fingerprint density at radius 1 is 1.22 bits per heavy atom. The van der Waals surface area contributed by atoms with Crippen LogP contribution < -0.4 is 10.6 Å². The molecule has 9 heteroatoms. The SMILES string of the molecule is CCN1C(=O)C(CCNc2cccc(CCN(C(C)C)C(C)C)c2)SC1CC(C#N)C(=O)NCC#N. The number of hydrogen-bond acceptors (Lipinski definition) is 7. The number of thioether (sulfide) groups is 1. The maximum absolute atomic E-state index is 13.0. The molecule has 3 unspecified atom stereocenters. The highest BCUT2D eigenvalue weighted by Gasteiger charge is 2.40. The van der Waals surface area contributed by atoms with Crippen LogP contribution in [0.1, 0.15) is 53.0 Å². The third kappa shape index (κ3) is 8.43. The third-order valence-electron chi connectivity index (χ3n) is 6.47. The number of hydrogen-bond donors (Lipinski definition) is 2. The Balaban J connectivity index is 1.90. The van der Waals surface area contributed by atoms with Gasteiger partial charge in [0.15, 0.2) is 0 Å². The molecule has 1 saturated heterocycles. The molecule has 2 rings (SSSR count). The van der Waals surface area contributed by atoms with E-state index in [2.05, 4.69) is 61.4 Å². The van der Waals surface area contributed by atoms with Crippen molar-refractivity contribution in [1.82, 2.24) is 15.1 Å². The van der Waals surface area contributed by atoms with E-state index < -0.39 is 11.8 Å². The van der Waals surface area contributed by atoms with Gasteiger partial charge in [-0.05, 0) is 65.2 Å². The molecule has 1 fully saturated rings. The van der Waals surface area contributed by atoms with Crippen molar-refractivity contribution in [1.29, 1.82) is 10.5 Å². The number of amides is 2. The highest BCUT2D eigenvalue weighted by molar-refractivity contribution is 8.01. The van der Waals surface area contributed by atoms with Crippen LogP contribution in [0.25, 0.3) is 0 Å². The minimum absolute atomic E-state index is 0.0552. The smallest absolute Gasteiger partial charge is 0.238 e. The lowest BCUT2D eigenvalue weighted by Gasteiger charge is -2.30. The van der Waals surface area contributed by atoms with Crippen LogP contribution in [0.4, 0.5) is 5.69 Å². The lowest BCUT2D eigenvalue weighted by atomic mass is 10.1. The summed E-state index contributed by atoms with van der Waals surface area (Å²) in [6.07, 6.45) is 1.90. The molecule has 1 aliphatic heterocycles. The Labute approximate surface area is 220 Å². The number of carbonyl (C=O) groups is 2. The van der Waals surface area contributed by atoms with Crippen molar-refractivity contribution in [3.8, 4) is 12.1 Å². The van der Waals surface area contributed by atoms with E-state index >= 15 is 0 Å². The quantitative estimate of drug-likeness (QED) is 0.366. The predicted octanol–water partition coefficient (Wildman–Crippen LogP) is 3.61. The Kier molecular flexibility index (Phi) is 12.1. The van der Waals surface area contributed by atoms with Crippen molar-refractivity contribution in [2.75, 3.05) is 31.5 Å². The number of anilines is 1. The monoisotopic (exact) mass is 512 g/mol. The first-order valence-corrected chi connectivity index (χ1v) is 13.7. The Morgan fingerprint density at radius 3 is 2.56 bits per heavy atom. The first-order valence-electron chi connectivity index (χ1n) is 12.8. The van der Waals surface area contributed by atoms with Crippen molar-refractivity contribution in [2.45, 2.75) is 76.6 Å². The van der Waals surface area contributed by atoms with Gasteiger partial charge in [0.25, 0.3) is 0 Å². The molecule has 0 aromatic heterocycles. The molecule has 1 heterocycles. The molecule has 1 aromatic rings. The van der Waals surface area contributed by atoms with E-state index in [1.165, 1.54) is 17.3 Å². The fraction of sp³-hybridized carbons (Fsp3) is 0.630. The lowest BCUT2D eigenvalue weighted by Crippen LogP contribution is -2.38. The van der Waals surface area contributed by atoms with Crippen LogP contribution in [0.2, 0.25) is 0 Å². The third-order valence-corrected chi connectivity index (χ3v) is 7.99. The molecule has 0 saturated carbocycles. The Morgan fingerprint density at radius 2 is 1.94 bits per heavy atom. The van der Waals surface area contributed by atoms with E-state index in [4.69, 9.17) is 5.26 Å². The second-order valence-corrected chi connectivity index (χ2v) is 11.0. The average Bonchev–Trinajstić information content (AvgIpc) is 3.14. The number of benzene rings is 1. The summed E-state index contributed by atoms with van der Waals surface area (Å²) in [6, 6.07) is 13.3. The van der Waals surface area contributed by atoms with Gasteiger partial charge in [0, 0.05) is 43.8 Å². The lowest BCUT2D eigenvalue weighted by molar-refractivity contribution is -0.131. The normalized spacial score (nSPS) is 18.4. The topological polar surface area (TPSA) is 112 Å². The van der Waals surface area contributed by atoms with Crippen molar-refractivity contribution >= 4 is 29.3 Å². The summed E-state index contributed by atoms with van der Waals surface area (Å²) < 4.78 is 0. The van der Waals surface area contributed by atoms with Crippen molar-refractivity contribution in [3.05, 3.63) is 29.8 Å². The van der Waals surface area contributed by atoms with Gasteiger partial charge in [-0.15, -0.1) is 11.8 Å². The number of nitriles is 2. The van der Waals surface area contributed by atoms with E-state index in [1.54, 1.807) is 4.90 Å². The highest BCUT2D eigenvalue weighted by Crippen LogP contribution is 2.36. The average molecular weight is 513 g/mol. The minimum atomic E-state index is -0.889. The van der Waals surface area contributed by atoms with Crippen LogP contribution in [-0.4, -0.2) is 70.5 Å². The Hall–Kier alpha value is -2.75. The maximum atomic E-state index is 13.0. The van der Waals surface area contributed by atoms with Crippen LogP contribution in [0.5, 0.6) is 0 Å². The standard InChI is InChI=1S/C27H40N6O2S/c1-6-32-25(17-22(18-29)26(34)31-14-12-28)36-24(27(32)35)10-13-30-23-9-7-8-21(16-23)11-15-33(19(2)3)20(4)5/h7-9,16,19-20,22,24-25,30H,6,10-11,13-15,17H2,1-5H3,(H,31,34). The van der Waals surface area contributed by atoms with Gasteiger partial charge in [0.1, 0.15) is 12.5 Å². The van der Waals surface area contributed by atoms with Crippen molar-refractivity contribution < 1.29 is 9.59 Å². The number of nitrogens with one attached hydrogen (secondary N) is 2. The van der Waals surface area contributed by atoms with Crippen molar-refractivity contribution in [3.63, 3.8) is 0 Å². The van der Waals surface area contributed by atoms with E-state index in [9.17, 15) is 14.9 Å². The molecule has 3 atom stereocenters. The van der Waals surface area contributed by atoms with Crippen LogP contribution >= 0.6 is 11.8 Å². The molecule has 196 valence electrons. The zero-order valence-electron chi connectivity index (χ0n) is 22.2. The number of carbonyl (C=O) groups excluding carboxylic acids is 2. The zero-order valence-corrected chi connectivity index (χ0v) is 23.0. The summed E-state index contributed by atoms with van der Waals surface area (Å²) in [5.74, 6) is -1.29. The van der Waals surface area contributed by atoms with E-state index in [-0.39, 0.29) is 29.5 Å². The van der Waals surface area contributed by atoms with Crippen LogP contribution in [0.3, 0.4) is 0 Å². The zero-order chi connectivity index (χ0) is 26.7. The van der Waals surface area contributed by atoms with Gasteiger partial charge >= 0.3 is 0 Å². The van der Waals surface area contributed by atoms with Crippen LogP contribution in [0, 0.1) is 28.6 Å². The molecule has 1 aromatic carbocycles. The second kappa shape index (κ2) is 14.7. The van der Waals surface area contributed by atoms with Gasteiger partial charge in [-0.1, -0.05) is 12.1 Å². The number of nitrogens with zero attached hydrogens (tertiary/aromatic N) is 4. The summed E-state index contributed by atoms with van der Waals surface area (Å²) in [7, 11) is 0.